The van der Waals surface area contributed by atoms with Crippen LogP contribution >= 0.6 is 0 Å². The summed E-state index contributed by atoms with van der Waals surface area (Å²) in [5.41, 5.74) is 2.83. The molecule has 1 atom stereocenters. The Kier molecular flexibility index (Phi) is 5.55. The van der Waals surface area contributed by atoms with Gasteiger partial charge in [0.2, 0.25) is 11.8 Å². The van der Waals surface area contributed by atoms with Crippen LogP contribution in [-0.2, 0) is 6.42 Å². The SMILES string of the molecule is Cc1ccc(NC(=O)N2CCCC(c3nnc(Cc4ccc(F)cc4)o3)C2)cc1. The number of amides is 2. The maximum atomic E-state index is 13.0. The van der Waals surface area contributed by atoms with Gasteiger partial charge in [-0.15, -0.1) is 10.2 Å². The molecule has 150 valence electrons. The number of urea groups is 1. The van der Waals surface area contributed by atoms with E-state index in [-0.39, 0.29) is 17.8 Å². The van der Waals surface area contributed by atoms with Gasteiger partial charge in [-0.05, 0) is 49.6 Å². The van der Waals surface area contributed by atoms with E-state index in [9.17, 15) is 9.18 Å². The van der Waals surface area contributed by atoms with E-state index in [2.05, 4.69) is 15.5 Å². The highest BCUT2D eigenvalue weighted by molar-refractivity contribution is 5.89. The topological polar surface area (TPSA) is 71.3 Å². The van der Waals surface area contributed by atoms with Crippen LogP contribution in [0.2, 0.25) is 0 Å². The summed E-state index contributed by atoms with van der Waals surface area (Å²) in [4.78, 5) is 14.4. The minimum Gasteiger partial charge on any atom is -0.425 e. The van der Waals surface area contributed by atoms with Gasteiger partial charge in [0.25, 0.3) is 0 Å². The van der Waals surface area contributed by atoms with Gasteiger partial charge in [0, 0.05) is 18.8 Å². The number of benzene rings is 2. The fourth-order valence-electron chi connectivity index (χ4n) is 3.48. The average molecular weight is 394 g/mol. The van der Waals surface area contributed by atoms with E-state index in [4.69, 9.17) is 4.42 Å². The van der Waals surface area contributed by atoms with Crippen molar-refractivity contribution in [1.29, 1.82) is 0 Å². The summed E-state index contributed by atoms with van der Waals surface area (Å²) in [5, 5.41) is 11.3. The molecule has 0 bridgehead atoms. The van der Waals surface area contributed by atoms with Crippen molar-refractivity contribution in [3.8, 4) is 0 Å². The molecule has 4 rings (SSSR count). The van der Waals surface area contributed by atoms with Crippen LogP contribution in [0.3, 0.4) is 0 Å². The number of piperidine rings is 1. The number of halogens is 1. The molecule has 1 unspecified atom stereocenters. The molecular weight excluding hydrogens is 371 g/mol. The second-order valence-electron chi connectivity index (χ2n) is 7.42. The first-order chi connectivity index (χ1) is 14.1. The Labute approximate surface area is 168 Å². The van der Waals surface area contributed by atoms with Gasteiger partial charge in [-0.1, -0.05) is 29.8 Å². The maximum Gasteiger partial charge on any atom is 0.321 e. The quantitative estimate of drug-likeness (QED) is 0.706. The number of rotatable bonds is 4. The Bertz CT molecular complexity index is 969. The van der Waals surface area contributed by atoms with Gasteiger partial charge in [0.1, 0.15) is 5.82 Å². The molecule has 0 radical (unpaired) electrons. The van der Waals surface area contributed by atoms with Crippen LogP contribution in [0, 0.1) is 12.7 Å². The lowest BCUT2D eigenvalue weighted by atomic mass is 9.98. The van der Waals surface area contributed by atoms with Gasteiger partial charge >= 0.3 is 6.03 Å². The minimum absolute atomic E-state index is 0.0157. The second-order valence-corrected chi connectivity index (χ2v) is 7.42. The Morgan fingerprint density at radius 1 is 1.17 bits per heavy atom. The van der Waals surface area contributed by atoms with Crippen molar-refractivity contribution in [2.75, 3.05) is 18.4 Å². The number of carbonyl (C=O) groups excluding carboxylic acids is 1. The summed E-state index contributed by atoms with van der Waals surface area (Å²) in [6, 6.07) is 13.9. The van der Waals surface area contributed by atoms with Gasteiger partial charge in [0.15, 0.2) is 0 Å². The van der Waals surface area contributed by atoms with Crippen LogP contribution in [0.5, 0.6) is 0 Å². The molecule has 1 aliphatic rings. The molecule has 1 saturated heterocycles. The highest BCUT2D eigenvalue weighted by atomic mass is 19.1. The van der Waals surface area contributed by atoms with Crippen LogP contribution < -0.4 is 5.32 Å². The van der Waals surface area contributed by atoms with Crippen molar-refractivity contribution in [1.82, 2.24) is 15.1 Å². The summed E-state index contributed by atoms with van der Waals surface area (Å²) in [5.74, 6) is 0.788. The number of hydrogen-bond acceptors (Lipinski definition) is 4. The van der Waals surface area contributed by atoms with Crippen molar-refractivity contribution < 1.29 is 13.6 Å². The first kappa shape index (κ1) is 19.1. The number of nitrogens with zero attached hydrogens (tertiary/aromatic N) is 3. The number of likely N-dealkylation sites (tertiary alicyclic amines) is 1. The summed E-state index contributed by atoms with van der Waals surface area (Å²) in [6.45, 7) is 3.25. The van der Waals surface area contributed by atoms with E-state index in [0.717, 1.165) is 29.7 Å². The highest BCUT2D eigenvalue weighted by Gasteiger charge is 2.28. The van der Waals surface area contributed by atoms with Gasteiger partial charge < -0.3 is 14.6 Å². The molecule has 1 N–H and O–H groups in total. The number of aryl methyl sites for hydroxylation is 1. The van der Waals surface area contributed by atoms with Crippen LogP contribution in [0.4, 0.5) is 14.9 Å². The molecule has 1 aromatic heterocycles. The molecule has 3 aromatic rings. The summed E-state index contributed by atoms with van der Waals surface area (Å²) in [7, 11) is 0. The third kappa shape index (κ3) is 4.80. The van der Waals surface area contributed by atoms with Crippen molar-refractivity contribution in [3.05, 3.63) is 77.3 Å². The van der Waals surface area contributed by atoms with E-state index in [1.807, 2.05) is 31.2 Å². The first-order valence-electron chi connectivity index (χ1n) is 9.76. The van der Waals surface area contributed by atoms with E-state index in [0.29, 0.717) is 31.3 Å². The van der Waals surface area contributed by atoms with E-state index in [1.165, 1.54) is 12.1 Å². The molecule has 0 aliphatic carbocycles. The number of anilines is 1. The van der Waals surface area contributed by atoms with Gasteiger partial charge in [-0.3, -0.25) is 0 Å². The maximum absolute atomic E-state index is 13.0. The predicted octanol–water partition coefficient (Wildman–Crippen LogP) is 4.52. The van der Waals surface area contributed by atoms with Crippen LogP contribution in [0.15, 0.2) is 52.9 Å². The largest absolute Gasteiger partial charge is 0.425 e. The number of hydrogen-bond donors (Lipinski definition) is 1. The zero-order valence-corrected chi connectivity index (χ0v) is 16.3. The summed E-state index contributed by atoms with van der Waals surface area (Å²) >= 11 is 0. The molecule has 2 heterocycles. The van der Waals surface area contributed by atoms with Crippen molar-refractivity contribution in [3.63, 3.8) is 0 Å². The monoisotopic (exact) mass is 394 g/mol. The molecular formula is C22H23FN4O2. The lowest BCUT2D eigenvalue weighted by Gasteiger charge is -2.31. The zero-order chi connectivity index (χ0) is 20.2. The molecule has 29 heavy (non-hydrogen) atoms. The standard InChI is InChI=1S/C22H23FN4O2/c1-15-4-10-19(11-5-15)24-22(28)27-12-2-3-17(14-27)21-26-25-20(29-21)13-16-6-8-18(23)9-7-16/h4-11,17H,2-3,12-14H2,1H3,(H,24,28). The van der Waals surface area contributed by atoms with Gasteiger partial charge in [-0.25, -0.2) is 9.18 Å². The fraction of sp³-hybridized carbons (Fsp3) is 0.318. The molecule has 6 nitrogen and oxygen atoms in total. The molecule has 0 saturated carbocycles. The lowest BCUT2D eigenvalue weighted by molar-refractivity contribution is 0.186. The Balaban J connectivity index is 1.38. The number of nitrogens with one attached hydrogen (secondary N) is 1. The van der Waals surface area contributed by atoms with E-state index in [1.54, 1.807) is 17.0 Å². The molecule has 7 heteroatoms. The number of carbonyl (C=O) groups is 1. The average Bonchev–Trinajstić information content (AvgIpc) is 3.20. The molecule has 0 spiro atoms. The molecule has 2 aromatic carbocycles. The molecule has 2 amide bonds. The first-order valence-corrected chi connectivity index (χ1v) is 9.76. The van der Waals surface area contributed by atoms with Crippen LogP contribution in [-0.4, -0.2) is 34.2 Å². The van der Waals surface area contributed by atoms with E-state index >= 15 is 0 Å². The third-order valence-electron chi connectivity index (χ3n) is 5.11. The number of aromatic nitrogens is 2. The van der Waals surface area contributed by atoms with Crippen LogP contribution in [0.1, 0.15) is 41.7 Å². The zero-order valence-electron chi connectivity index (χ0n) is 16.3. The van der Waals surface area contributed by atoms with Gasteiger partial charge in [0.05, 0.1) is 12.3 Å². The minimum atomic E-state index is -0.272. The normalized spacial score (nSPS) is 16.6. The lowest BCUT2D eigenvalue weighted by Crippen LogP contribution is -2.41. The second kappa shape index (κ2) is 8.43. The molecule has 1 fully saturated rings. The highest BCUT2D eigenvalue weighted by Crippen LogP contribution is 2.27. The van der Waals surface area contributed by atoms with Crippen molar-refractivity contribution in [2.24, 2.45) is 0 Å². The van der Waals surface area contributed by atoms with Crippen LogP contribution in [0.25, 0.3) is 0 Å². The Morgan fingerprint density at radius 2 is 1.93 bits per heavy atom. The van der Waals surface area contributed by atoms with Gasteiger partial charge in [-0.2, -0.15) is 0 Å². The Morgan fingerprint density at radius 3 is 2.69 bits per heavy atom. The smallest absolute Gasteiger partial charge is 0.321 e. The predicted molar refractivity (Wildman–Crippen MR) is 107 cm³/mol. The molecule has 1 aliphatic heterocycles. The van der Waals surface area contributed by atoms with E-state index < -0.39 is 0 Å². The summed E-state index contributed by atoms with van der Waals surface area (Å²) in [6.07, 6.45) is 2.23. The van der Waals surface area contributed by atoms with Crippen molar-refractivity contribution in [2.45, 2.75) is 32.1 Å². The van der Waals surface area contributed by atoms with Crippen molar-refractivity contribution >= 4 is 11.7 Å². The Hall–Kier alpha value is -3.22. The fourth-order valence-corrected chi connectivity index (χ4v) is 3.48. The summed E-state index contributed by atoms with van der Waals surface area (Å²) < 4.78 is 18.9. The third-order valence-corrected chi connectivity index (χ3v) is 5.11.